The molecule has 2 heterocycles. The molecule has 0 bridgehead atoms. The smallest absolute Gasteiger partial charge is 0.225 e. The van der Waals surface area contributed by atoms with Crippen molar-refractivity contribution in [3.63, 3.8) is 0 Å². The van der Waals surface area contributed by atoms with Crippen molar-refractivity contribution in [2.24, 2.45) is 0 Å². The average molecular weight is 353 g/mol. The number of para-hydroxylation sites is 1. The summed E-state index contributed by atoms with van der Waals surface area (Å²) in [4.78, 5) is 8.60. The van der Waals surface area contributed by atoms with Gasteiger partial charge in [-0.05, 0) is 22.0 Å². The van der Waals surface area contributed by atoms with Crippen molar-refractivity contribution in [3.05, 3.63) is 40.2 Å². The SMILES string of the molecule is CNc1nc(N[C@H]2CCOc3c(F)cccc32)ncc1Br. The summed E-state index contributed by atoms with van der Waals surface area (Å²) >= 11 is 3.37. The standard InChI is InChI=1S/C14H14BrFN4O/c1-17-13-9(15)7-18-14(20-13)19-11-5-6-21-12-8(11)3-2-4-10(12)16/h2-4,7,11H,5-6H2,1H3,(H2,17,18,19,20)/t11-/m0/s1. The number of halogens is 2. The van der Waals surface area contributed by atoms with E-state index in [1.807, 2.05) is 6.07 Å². The van der Waals surface area contributed by atoms with Crippen molar-refractivity contribution in [2.45, 2.75) is 12.5 Å². The van der Waals surface area contributed by atoms with E-state index in [-0.39, 0.29) is 11.9 Å². The monoisotopic (exact) mass is 352 g/mol. The highest BCUT2D eigenvalue weighted by molar-refractivity contribution is 9.10. The van der Waals surface area contributed by atoms with Crippen LogP contribution in [0, 0.1) is 5.82 Å². The molecule has 0 saturated heterocycles. The van der Waals surface area contributed by atoms with Crippen LogP contribution in [-0.2, 0) is 0 Å². The molecule has 0 amide bonds. The molecule has 0 fully saturated rings. The fourth-order valence-electron chi connectivity index (χ4n) is 2.30. The van der Waals surface area contributed by atoms with Crippen molar-refractivity contribution in [1.82, 2.24) is 9.97 Å². The highest BCUT2D eigenvalue weighted by Crippen LogP contribution is 2.35. The third kappa shape index (κ3) is 2.78. The molecule has 0 radical (unpaired) electrons. The van der Waals surface area contributed by atoms with Crippen molar-refractivity contribution < 1.29 is 9.13 Å². The largest absolute Gasteiger partial charge is 0.490 e. The maximum Gasteiger partial charge on any atom is 0.225 e. The molecule has 1 atom stereocenters. The summed E-state index contributed by atoms with van der Waals surface area (Å²) in [6, 6.07) is 4.86. The van der Waals surface area contributed by atoms with Crippen molar-refractivity contribution >= 4 is 27.7 Å². The van der Waals surface area contributed by atoms with Crippen LogP contribution in [0.2, 0.25) is 0 Å². The van der Waals surface area contributed by atoms with Crippen LogP contribution in [0.25, 0.3) is 0 Å². The number of aromatic nitrogens is 2. The minimum Gasteiger partial charge on any atom is -0.490 e. The highest BCUT2D eigenvalue weighted by atomic mass is 79.9. The molecule has 1 aromatic carbocycles. The van der Waals surface area contributed by atoms with Gasteiger partial charge in [-0.1, -0.05) is 12.1 Å². The number of anilines is 2. The number of hydrogen-bond acceptors (Lipinski definition) is 5. The van der Waals surface area contributed by atoms with Gasteiger partial charge in [0.1, 0.15) is 5.82 Å². The van der Waals surface area contributed by atoms with Gasteiger partial charge in [-0.3, -0.25) is 0 Å². The molecule has 0 unspecified atom stereocenters. The molecule has 5 nitrogen and oxygen atoms in total. The lowest BCUT2D eigenvalue weighted by atomic mass is 10.0. The van der Waals surface area contributed by atoms with Crippen molar-refractivity contribution in [3.8, 4) is 5.75 Å². The zero-order valence-electron chi connectivity index (χ0n) is 11.4. The molecule has 1 aliphatic rings. The predicted octanol–water partition coefficient (Wildman–Crippen LogP) is 3.36. The minimum absolute atomic E-state index is 0.0738. The summed E-state index contributed by atoms with van der Waals surface area (Å²) in [5.74, 6) is 1.16. The first-order valence-electron chi connectivity index (χ1n) is 6.57. The minimum atomic E-state index is -0.341. The van der Waals surface area contributed by atoms with E-state index in [4.69, 9.17) is 4.74 Å². The molecule has 0 aliphatic carbocycles. The summed E-state index contributed by atoms with van der Waals surface area (Å²) in [6.45, 7) is 0.459. The van der Waals surface area contributed by atoms with Crippen molar-refractivity contribution in [1.29, 1.82) is 0 Å². The van der Waals surface area contributed by atoms with Gasteiger partial charge in [-0.15, -0.1) is 0 Å². The zero-order valence-corrected chi connectivity index (χ0v) is 12.9. The molecular formula is C14H14BrFN4O. The Morgan fingerprint density at radius 2 is 2.29 bits per heavy atom. The van der Waals surface area contributed by atoms with Crippen LogP contribution in [0.1, 0.15) is 18.0 Å². The number of rotatable bonds is 3. The second kappa shape index (κ2) is 5.85. The number of nitrogens with zero attached hydrogens (tertiary/aromatic N) is 2. The molecule has 7 heteroatoms. The Morgan fingerprint density at radius 3 is 3.10 bits per heavy atom. The lowest BCUT2D eigenvalue weighted by Crippen LogP contribution is -2.22. The van der Waals surface area contributed by atoms with Crippen LogP contribution in [0.5, 0.6) is 5.75 Å². The molecule has 2 N–H and O–H groups in total. The van der Waals surface area contributed by atoms with Gasteiger partial charge in [-0.2, -0.15) is 4.98 Å². The van der Waals surface area contributed by atoms with Crippen LogP contribution in [0.15, 0.2) is 28.9 Å². The summed E-state index contributed by atoms with van der Waals surface area (Å²) in [5.41, 5.74) is 0.791. The number of fused-ring (bicyclic) bond motifs is 1. The van der Waals surface area contributed by atoms with Crippen LogP contribution < -0.4 is 15.4 Å². The third-order valence-electron chi connectivity index (χ3n) is 3.31. The maximum absolute atomic E-state index is 13.8. The molecule has 1 aromatic heterocycles. The van der Waals surface area contributed by atoms with E-state index in [2.05, 4.69) is 36.5 Å². The van der Waals surface area contributed by atoms with Crippen LogP contribution in [-0.4, -0.2) is 23.6 Å². The zero-order chi connectivity index (χ0) is 14.8. The first-order chi connectivity index (χ1) is 10.2. The van der Waals surface area contributed by atoms with E-state index >= 15 is 0 Å². The molecule has 1 aliphatic heterocycles. The predicted molar refractivity (Wildman–Crippen MR) is 82.2 cm³/mol. The van der Waals surface area contributed by atoms with Gasteiger partial charge in [0.05, 0.1) is 17.1 Å². The van der Waals surface area contributed by atoms with Gasteiger partial charge in [0.2, 0.25) is 5.95 Å². The maximum atomic E-state index is 13.8. The topological polar surface area (TPSA) is 59.1 Å². The lowest BCUT2D eigenvalue weighted by molar-refractivity contribution is 0.260. The van der Waals surface area contributed by atoms with Gasteiger partial charge < -0.3 is 15.4 Å². The first-order valence-corrected chi connectivity index (χ1v) is 7.36. The Kier molecular flexibility index (Phi) is 3.92. The fraction of sp³-hybridized carbons (Fsp3) is 0.286. The highest BCUT2D eigenvalue weighted by Gasteiger charge is 2.24. The number of benzene rings is 1. The van der Waals surface area contributed by atoms with E-state index in [1.54, 1.807) is 19.3 Å². The molecule has 0 saturated carbocycles. The van der Waals surface area contributed by atoms with E-state index in [1.165, 1.54) is 6.07 Å². The van der Waals surface area contributed by atoms with Gasteiger partial charge in [0, 0.05) is 25.2 Å². The Labute approximate surface area is 130 Å². The quantitative estimate of drug-likeness (QED) is 0.886. The molecule has 3 rings (SSSR count). The second-order valence-electron chi connectivity index (χ2n) is 4.63. The average Bonchev–Trinajstić information content (AvgIpc) is 2.50. The van der Waals surface area contributed by atoms with E-state index in [0.717, 1.165) is 16.5 Å². The molecule has 110 valence electrons. The lowest BCUT2D eigenvalue weighted by Gasteiger charge is -2.27. The molecule has 21 heavy (non-hydrogen) atoms. The van der Waals surface area contributed by atoms with E-state index < -0.39 is 0 Å². The molecular weight excluding hydrogens is 339 g/mol. The van der Waals surface area contributed by atoms with E-state index in [9.17, 15) is 4.39 Å². The van der Waals surface area contributed by atoms with Crippen molar-refractivity contribution in [2.75, 3.05) is 24.3 Å². The number of ether oxygens (including phenoxy) is 1. The normalized spacial score (nSPS) is 16.8. The number of hydrogen-bond donors (Lipinski definition) is 2. The van der Waals surface area contributed by atoms with E-state index in [0.29, 0.717) is 24.1 Å². The molecule has 2 aromatic rings. The third-order valence-corrected chi connectivity index (χ3v) is 3.89. The Balaban J connectivity index is 1.88. The Hall–Kier alpha value is -1.89. The van der Waals surface area contributed by atoms with Crippen LogP contribution >= 0.6 is 15.9 Å². The van der Waals surface area contributed by atoms with Gasteiger partial charge in [0.15, 0.2) is 11.6 Å². The van der Waals surface area contributed by atoms with Gasteiger partial charge >= 0.3 is 0 Å². The second-order valence-corrected chi connectivity index (χ2v) is 5.49. The summed E-state index contributed by atoms with van der Waals surface area (Å²) in [6.07, 6.45) is 2.40. The first kappa shape index (κ1) is 14.1. The van der Waals surface area contributed by atoms with Crippen LogP contribution in [0.3, 0.4) is 0 Å². The Morgan fingerprint density at radius 1 is 1.43 bits per heavy atom. The van der Waals surface area contributed by atoms with Crippen LogP contribution in [0.4, 0.5) is 16.2 Å². The fourth-order valence-corrected chi connectivity index (χ4v) is 2.69. The summed E-state index contributed by atoms with van der Waals surface area (Å²) < 4.78 is 20.0. The van der Waals surface area contributed by atoms with Gasteiger partial charge in [0.25, 0.3) is 0 Å². The number of nitrogens with one attached hydrogen (secondary N) is 2. The molecule has 0 spiro atoms. The summed E-state index contributed by atoms with van der Waals surface area (Å²) in [5, 5.41) is 6.21. The Bertz CT molecular complexity index is 667. The van der Waals surface area contributed by atoms with Gasteiger partial charge in [-0.25, -0.2) is 9.37 Å². The summed E-state index contributed by atoms with van der Waals surface area (Å²) in [7, 11) is 1.79.